The third-order valence-electron chi connectivity index (χ3n) is 5.15. The number of nitrogens with zero attached hydrogens (tertiary/aromatic N) is 3. The zero-order chi connectivity index (χ0) is 19.3. The minimum Gasteiger partial charge on any atom is -0.294 e. The molecule has 0 aliphatic rings. The Kier molecular flexibility index (Phi) is 3.63. The van der Waals surface area contributed by atoms with Crippen LogP contribution in [0.25, 0.3) is 44.0 Å². The zero-order valence-electron chi connectivity index (χ0n) is 15.7. The Bertz CT molecular complexity index is 1390. The minimum atomic E-state index is 0.718. The van der Waals surface area contributed by atoms with Gasteiger partial charge >= 0.3 is 0 Å². The fourth-order valence-electron chi connectivity index (χ4n) is 3.86. The Balaban J connectivity index is 2.06. The number of fused-ring (bicyclic) bond motifs is 4. The lowest BCUT2D eigenvalue weighted by molar-refractivity contribution is 1.04. The summed E-state index contributed by atoms with van der Waals surface area (Å²) >= 11 is 0. The predicted molar refractivity (Wildman–Crippen MR) is 118 cm³/mol. The molecule has 5 rings (SSSR count). The van der Waals surface area contributed by atoms with Crippen LogP contribution in [-0.4, -0.2) is 14.5 Å². The number of benzene rings is 3. The Morgan fingerprint density at radius 1 is 0.929 bits per heavy atom. The molecule has 0 amide bonds. The van der Waals surface area contributed by atoms with Crippen molar-refractivity contribution in [2.75, 3.05) is 0 Å². The van der Waals surface area contributed by atoms with Crippen LogP contribution in [0, 0.1) is 6.92 Å². The van der Waals surface area contributed by atoms with Crippen molar-refractivity contribution in [1.82, 2.24) is 14.5 Å². The third-order valence-corrected chi connectivity index (χ3v) is 5.15. The van der Waals surface area contributed by atoms with Crippen molar-refractivity contribution >= 4 is 38.3 Å². The molecule has 3 aromatic carbocycles. The Morgan fingerprint density at radius 3 is 2.32 bits per heavy atom. The van der Waals surface area contributed by atoms with Gasteiger partial charge in [-0.1, -0.05) is 61.7 Å². The molecule has 0 aliphatic heterocycles. The average molecular weight is 361 g/mol. The summed E-state index contributed by atoms with van der Waals surface area (Å²) in [6.07, 6.45) is 1.76. The van der Waals surface area contributed by atoms with Gasteiger partial charge in [0.25, 0.3) is 0 Å². The summed E-state index contributed by atoms with van der Waals surface area (Å²) in [6.45, 7) is 9.99. The molecule has 0 unspecified atom stereocenters. The predicted octanol–water partition coefficient (Wildman–Crippen LogP) is 6.23. The van der Waals surface area contributed by atoms with Gasteiger partial charge in [0, 0.05) is 11.1 Å². The number of para-hydroxylation sites is 1. The second-order valence-corrected chi connectivity index (χ2v) is 6.93. The molecule has 2 aromatic heterocycles. The topological polar surface area (TPSA) is 30.7 Å². The molecule has 0 spiro atoms. The second kappa shape index (κ2) is 6.17. The maximum Gasteiger partial charge on any atom is 0.149 e. The number of hydrogen-bond acceptors (Lipinski definition) is 2. The summed E-state index contributed by atoms with van der Waals surface area (Å²) < 4.78 is 2.21. The van der Waals surface area contributed by atoms with Crippen LogP contribution in [0.15, 0.2) is 86.0 Å². The highest BCUT2D eigenvalue weighted by Gasteiger charge is 2.19. The van der Waals surface area contributed by atoms with Crippen LogP contribution < -0.4 is 0 Å². The van der Waals surface area contributed by atoms with Gasteiger partial charge < -0.3 is 0 Å². The minimum absolute atomic E-state index is 0.718. The summed E-state index contributed by atoms with van der Waals surface area (Å²) in [4.78, 5) is 9.55. The molecule has 0 saturated carbocycles. The largest absolute Gasteiger partial charge is 0.294 e. The van der Waals surface area contributed by atoms with Crippen LogP contribution >= 0.6 is 0 Å². The zero-order valence-corrected chi connectivity index (χ0v) is 15.7. The summed E-state index contributed by atoms with van der Waals surface area (Å²) in [5, 5.41) is 4.53. The van der Waals surface area contributed by atoms with Gasteiger partial charge in [0.1, 0.15) is 11.5 Å². The maximum absolute atomic E-state index is 4.83. The SMILES string of the molecule is C=CC(=C)c1nc(C)nc2c1c1cc3ccccc3cc1n2-c1ccccc1. The van der Waals surface area contributed by atoms with Gasteiger partial charge in [0.2, 0.25) is 0 Å². The van der Waals surface area contributed by atoms with E-state index in [0.29, 0.717) is 0 Å². The third kappa shape index (κ3) is 2.37. The van der Waals surface area contributed by atoms with Crippen LogP contribution in [0.3, 0.4) is 0 Å². The molecule has 0 N–H and O–H groups in total. The fraction of sp³-hybridized carbons (Fsp3) is 0.0400. The number of aryl methyl sites for hydroxylation is 1. The summed E-state index contributed by atoms with van der Waals surface area (Å²) in [5.41, 5.74) is 4.72. The van der Waals surface area contributed by atoms with Crippen molar-refractivity contribution in [3.05, 3.63) is 97.5 Å². The fourth-order valence-corrected chi connectivity index (χ4v) is 3.86. The Morgan fingerprint density at radius 2 is 1.61 bits per heavy atom. The normalized spacial score (nSPS) is 11.3. The molecule has 2 heterocycles. The molecule has 3 heteroatoms. The monoisotopic (exact) mass is 361 g/mol. The molecule has 0 fully saturated rings. The van der Waals surface area contributed by atoms with E-state index >= 15 is 0 Å². The highest BCUT2D eigenvalue weighted by Crippen LogP contribution is 2.37. The molecule has 5 aromatic rings. The van der Waals surface area contributed by atoms with E-state index in [1.54, 1.807) is 6.08 Å². The van der Waals surface area contributed by atoms with Gasteiger partial charge in [-0.3, -0.25) is 4.57 Å². The van der Waals surface area contributed by atoms with Gasteiger partial charge in [0.05, 0.1) is 16.6 Å². The smallest absolute Gasteiger partial charge is 0.149 e. The molecule has 28 heavy (non-hydrogen) atoms. The van der Waals surface area contributed by atoms with E-state index in [0.717, 1.165) is 44.7 Å². The van der Waals surface area contributed by atoms with E-state index in [9.17, 15) is 0 Å². The number of aromatic nitrogens is 3. The summed E-state index contributed by atoms with van der Waals surface area (Å²) in [5.74, 6) is 0.718. The van der Waals surface area contributed by atoms with E-state index < -0.39 is 0 Å². The molecule has 0 radical (unpaired) electrons. The van der Waals surface area contributed by atoms with E-state index in [1.807, 2.05) is 25.1 Å². The number of rotatable bonds is 3. The Labute approximate surface area is 163 Å². The molecule has 3 nitrogen and oxygen atoms in total. The standard InChI is InChI=1S/C25H19N3/c1-4-16(2)24-23-21-14-18-10-8-9-11-19(18)15-22(21)28(20-12-6-5-7-13-20)25(23)27-17(3)26-24/h4-15H,1-2H2,3H3. The van der Waals surface area contributed by atoms with Gasteiger partial charge in [-0.15, -0.1) is 0 Å². The maximum atomic E-state index is 4.83. The highest BCUT2D eigenvalue weighted by molar-refractivity contribution is 6.15. The van der Waals surface area contributed by atoms with E-state index in [2.05, 4.69) is 66.3 Å². The van der Waals surface area contributed by atoms with Crippen LogP contribution in [0.5, 0.6) is 0 Å². The molecular formula is C25H19N3. The highest BCUT2D eigenvalue weighted by atomic mass is 15.1. The van der Waals surface area contributed by atoms with E-state index in [1.165, 1.54) is 10.8 Å². The molecule has 0 aliphatic carbocycles. The number of allylic oxidation sites excluding steroid dienone is 2. The number of hydrogen-bond donors (Lipinski definition) is 0. The van der Waals surface area contributed by atoms with Gasteiger partial charge in [0.15, 0.2) is 0 Å². The lowest BCUT2D eigenvalue weighted by Crippen LogP contribution is -1.99. The van der Waals surface area contributed by atoms with Gasteiger partial charge in [-0.25, -0.2) is 9.97 Å². The van der Waals surface area contributed by atoms with E-state index in [4.69, 9.17) is 9.97 Å². The quantitative estimate of drug-likeness (QED) is 0.356. The lowest BCUT2D eigenvalue weighted by atomic mass is 10.0. The first-order valence-electron chi connectivity index (χ1n) is 9.26. The van der Waals surface area contributed by atoms with Gasteiger partial charge in [-0.05, 0) is 47.5 Å². The molecule has 0 atom stereocenters. The first kappa shape index (κ1) is 16.5. The Hall–Kier alpha value is -3.72. The van der Waals surface area contributed by atoms with Crippen LogP contribution in [0.4, 0.5) is 0 Å². The van der Waals surface area contributed by atoms with Gasteiger partial charge in [-0.2, -0.15) is 0 Å². The van der Waals surface area contributed by atoms with Crippen LogP contribution in [0.1, 0.15) is 11.5 Å². The molecule has 0 saturated heterocycles. The molecule has 0 bridgehead atoms. The average Bonchev–Trinajstić information content (AvgIpc) is 3.04. The lowest BCUT2D eigenvalue weighted by Gasteiger charge is -2.08. The van der Waals surface area contributed by atoms with Crippen molar-refractivity contribution in [2.24, 2.45) is 0 Å². The van der Waals surface area contributed by atoms with Crippen LogP contribution in [-0.2, 0) is 0 Å². The summed E-state index contributed by atoms with van der Waals surface area (Å²) in [7, 11) is 0. The first-order chi connectivity index (χ1) is 13.7. The first-order valence-corrected chi connectivity index (χ1v) is 9.26. The van der Waals surface area contributed by atoms with Crippen molar-refractivity contribution in [1.29, 1.82) is 0 Å². The molecular weight excluding hydrogens is 342 g/mol. The summed E-state index contributed by atoms with van der Waals surface area (Å²) in [6, 6.07) is 23.2. The molecule has 134 valence electrons. The van der Waals surface area contributed by atoms with Crippen LogP contribution in [0.2, 0.25) is 0 Å². The second-order valence-electron chi connectivity index (χ2n) is 6.93. The van der Waals surface area contributed by atoms with Crippen molar-refractivity contribution in [3.8, 4) is 5.69 Å². The van der Waals surface area contributed by atoms with Crippen molar-refractivity contribution in [2.45, 2.75) is 6.92 Å². The van der Waals surface area contributed by atoms with Crippen molar-refractivity contribution in [3.63, 3.8) is 0 Å². The van der Waals surface area contributed by atoms with E-state index in [-0.39, 0.29) is 0 Å². The van der Waals surface area contributed by atoms with Crippen molar-refractivity contribution < 1.29 is 0 Å².